The minimum Gasteiger partial charge on any atom is -0.462 e. The van der Waals surface area contributed by atoms with Gasteiger partial charge < -0.3 is 10.1 Å². The molecule has 0 heterocycles. The van der Waals surface area contributed by atoms with Gasteiger partial charge in [0, 0.05) is 10.2 Å². The summed E-state index contributed by atoms with van der Waals surface area (Å²) in [6.07, 6.45) is 0. The van der Waals surface area contributed by atoms with Crippen LogP contribution in [0.2, 0.25) is 0 Å². The normalized spacial score (nSPS) is 9.76. The van der Waals surface area contributed by atoms with Crippen LogP contribution in [0.25, 0.3) is 0 Å². The fourth-order valence-corrected chi connectivity index (χ4v) is 2.14. The Kier molecular flexibility index (Phi) is 4.96. The van der Waals surface area contributed by atoms with Crippen molar-refractivity contribution in [2.45, 2.75) is 6.92 Å². The molecule has 0 fully saturated rings. The van der Waals surface area contributed by atoms with Gasteiger partial charge >= 0.3 is 5.97 Å². The van der Waals surface area contributed by atoms with Gasteiger partial charge in [0.2, 0.25) is 0 Å². The average molecular weight is 345 g/mol. The highest BCUT2D eigenvalue weighted by Crippen LogP contribution is 2.24. The van der Waals surface area contributed by atoms with Crippen molar-refractivity contribution in [3.63, 3.8) is 0 Å². The van der Waals surface area contributed by atoms with Crippen molar-refractivity contribution in [1.29, 1.82) is 5.26 Å². The van der Waals surface area contributed by atoms with Crippen LogP contribution < -0.4 is 5.32 Å². The Morgan fingerprint density at radius 1 is 1.29 bits per heavy atom. The number of esters is 1. The molecule has 0 saturated carbocycles. The van der Waals surface area contributed by atoms with Gasteiger partial charge in [-0.15, -0.1) is 0 Å². The van der Waals surface area contributed by atoms with Gasteiger partial charge in [-0.1, -0.05) is 15.9 Å². The van der Waals surface area contributed by atoms with E-state index < -0.39 is 0 Å². The summed E-state index contributed by atoms with van der Waals surface area (Å²) in [5, 5.41) is 12.3. The van der Waals surface area contributed by atoms with E-state index in [-0.39, 0.29) is 5.97 Å². The van der Waals surface area contributed by atoms with Crippen LogP contribution in [-0.2, 0) is 4.74 Å². The first-order chi connectivity index (χ1) is 10.1. The molecule has 0 unspecified atom stereocenters. The summed E-state index contributed by atoms with van der Waals surface area (Å²) in [5.41, 5.74) is 2.55. The Balaban J connectivity index is 2.18. The van der Waals surface area contributed by atoms with Gasteiger partial charge in [0.05, 0.1) is 23.4 Å². The highest BCUT2D eigenvalue weighted by molar-refractivity contribution is 9.10. The molecule has 0 bridgehead atoms. The minimum absolute atomic E-state index is 0.342. The fraction of sp³-hybridized carbons (Fsp3) is 0.125. The second-order valence-corrected chi connectivity index (χ2v) is 5.14. The lowest BCUT2D eigenvalue weighted by atomic mass is 10.1. The predicted molar refractivity (Wildman–Crippen MR) is 84.5 cm³/mol. The number of carbonyl (C=O) groups is 1. The molecule has 0 atom stereocenters. The van der Waals surface area contributed by atoms with Crippen molar-refractivity contribution in [3.8, 4) is 6.07 Å². The number of halogens is 1. The molecule has 106 valence electrons. The Morgan fingerprint density at radius 2 is 2.00 bits per heavy atom. The highest BCUT2D eigenvalue weighted by atomic mass is 79.9. The van der Waals surface area contributed by atoms with E-state index in [1.54, 1.807) is 37.3 Å². The maximum atomic E-state index is 11.6. The van der Waals surface area contributed by atoms with Crippen molar-refractivity contribution in [3.05, 3.63) is 58.1 Å². The van der Waals surface area contributed by atoms with Crippen molar-refractivity contribution in [2.24, 2.45) is 0 Å². The molecule has 0 aliphatic heterocycles. The van der Waals surface area contributed by atoms with Crippen LogP contribution in [0.5, 0.6) is 0 Å². The van der Waals surface area contributed by atoms with E-state index in [0.717, 1.165) is 10.2 Å². The number of hydrogen-bond acceptors (Lipinski definition) is 4. The molecule has 0 saturated heterocycles. The summed E-state index contributed by atoms with van der Waals surface area (Å²) < 4.78 is 5.78. The van der Waals surface area contributed by atoms with E-state index in [1.165, 1.54) is 0 Å². The molecule has 0 amide bonds. The largest absolute Gasteiger partial charge is 0.462 e. The third-order valence-electron chi connectivity index (χ3n) is 2.78. The molecule has 4 nitrogen and oxygen atoms in total. The van der Waals surface area contributed by atoms with Gasteiger partial charge in [-0.3, -0.25) is 0 Å². The molecule has 0 spiro atoms. The Bertz CT molecular complexity index is 690. The number of nitriles is 1. The summed E-state index contributed by atoms with van der Waals surface area (Å²) >= 11 is 3.33. The number of hydrogen-bond donors (Lipinski definition) is 1. The van der Waals surface area contributed by atoms with Gasteiger partial charge in [-0.25, -0.2) is 4.79 Å². The summed E-state index contributed by atoms with van der Waals surface area (Å²) in [5.74, 6) is -0.342. The quantitative estimate of drug-likeness (QED) is 0.842. The number of carbonyl (C=O) groups excluding carboxylic acids is 1. The Hall–Kier alpha value is -2.32. The van der Waals surface area contributed by atoms with Crippen LogP contribution in [0.4, 0.5) is 11.4 Å². The van der Waals surface area contributed by atoms with Gasteiger partial charge in [-0.05, 0) is 49.4 Å². The lowest BCUT2D eigenvalue weighted by Crippen LogP contribution is -2.04. The number of nitrogens with zero attached hydrogens (tertiary/aromatic N) is 1. The molecule has 0 aromatic heterocycles. The predicted octanol–water partition coefficient (Wildman–Crippen LogP) is 4.24. The molecule has 2 aromatic rings. The van der Waals surface area contributed by atoms with Crippen molar-refractivity contribution < 1.29 is 9.53 Å². The van der Waals surface area contributed by atoms with Crippen LogP contribution in [0.1, 0.15) is 22.8 Å². The van der Waals surface area contributed by atoms with Gasteiger partial charge in [0.25, 0.3) is 0 Å². The number of anilines is 2. The minimum atomic E-state index is -0.342. The van der Waals surface area contributed by atoms with Gasteiger partial charge in [-0.2, -0.15) is 5.26 Å². The van der Waals surface area contributed by atoms with Crippen molar-refractivity contribution >= 4 is 33.3 Å². The monoisotopic (exact) mass is 344 g/mol. The molecule has 0 radical (unpaired) electrons. The maximum Gasteiger partial charge on any atom is 0.338 e. The van der Waals surface area contributed by atoms with Crippen LogP contribution in [0.15, 0.2) is 46.9 Å². The van der Waals surface area contributed by atoms with E-state index in [2.05, 4.69) is 27.3 Å². The van der Waals surface area contributed by atoms with Crippen LogP contribution in [0.3, 0.4) is 0 Å². The fourth-order valence-electron chi connectivity index (χ4n) is 1.78. The number of benzene rings is 2. The molecule has 2 rings (SSSR count). The Labute approximate surface area is 131 Å². The van der Waals surface area contributed by atoms with Crippen LogP contribution in [0, 0.1) is 11.3 Å². The summed E-state index contributed by atoms with van der Waals surface area (Å²) in [6.45, 7) is 2.12. The topological polar surface area (TPSA) is 62.1 Å². The van der Waals surface area contributed by atoms with Crippen LogP contribution in [-0.4, -0.2) is 12.6 Å². The first kappa shape index (κ1) is 15.1. The molecule has 0 aliphatic carbocycles. The molecular formula is C16H13BrN2O2. The van der Waals surface area contributed by atoms with Gasteiger partial charge in [0.1, 0.15) is 6.07 Å². The number of rotatable bonds is 4. The zero-order valence-corrected chi connectivity index (χ0v) is 13.0. The second kappa shape index (κ2) is 6.91. The lowest BCUT2D eigenvalue weighted by Gasteiger charge is -2.09. The average Bonchev–Trinajstić information content (AvgIpc) is 2.50. The number of ether oxygens (including phenoxy) is 1. The molecule has 21 heavy (non-hydrogen) atoms. The first-order valence-electron chi connectivity index (χ1n) is 6.38. The van der Waals surface area contributed by atoms with Crippen LogP contribution >= 0.6 is 15.9 Å². The lowest BCUT2D eigenvalue weighted by molar-refractivity contribution is 0.0526. The standard InChI is InChI=1S/C16H13BrN2O2/c1-2-21-16(20)11-3-6-14(7-4-11)19-15-8-5-13(17)9-12(15)10-18/h3-9,19H,2H2,1H3. The van der Waals surface area contributed by atoms with E-state index in [1.807, 2.05) is 12.1 Å². The zero-order chi connectivity index (χ0) is 15.2. The molecule has 2 aromatic carbocycles. The third kappa shape index (κ3) is 3.83. The van der Waals surface area contributed by atoms with Crippen molar-refractivity contribution in [1.82, 2.24) is 0 Å². The summed E-state index contributed by atoms with van der Waals surface area (Å²) in [7, 11) is 0. The van der Waals surface area contributed by atoms with E-state index in [9.17, 15) is 4.79 Å². The molecule has 0 aliphatic rings. The van der Waals surface area contributed by atoms with Gasteiger partial charge in [0.15, 0.2) is 0 Å². The van der Waals surface area contributed by atoms with E-state index in [4.69, 9.17) is 10.00 Å². The van der Waals surface area contributed by atoms with Crippen molar-refractivity contribution in [2.75, 3.05) is 11.9 Å². The smallest absolute Gasteiger partial charge is 0.338 e. The summed E-state index contributed by atoms with van der Waals surface area (Å²) in [6, 6.07) is 14.5. The van der Waals surface area contributed by atoms with E-state index in [0.29, 0.717) is 23.4 Å². The SMILES string of the molecule is CCOC(=O)c1ccc(Nc2ccc(Br)cc2C#N)cc1. The third-order valence-corrected chi connectivity index (χ3v) is 3.27. The maximum absolute atomic E-state index is 11.6. The number of nitrogens with one attached hydrogen (secondary N) is 1. The second-order valence-electron chi connectivity index (χ2n) is 4.22. The molecule has 5 heteroatoms. The molecule has 1 N–H and O–H groups in total. The zero-order valence-electron chi connectivity index (χ0n) is 11.4. The Morgan fingerprint density at radius 3 is 2.62 bits per heavy atom. The first-order valence-corrected chi connectivity index (χ1v) is 7.17. The highest BCUT2D eigenvalue weighted by Gasteiger charge is 2.07. The molecular weight excluding hydrogens is 332 g/mol. The van der Waals surface area contributed by atoms with E-state index >= 15 is 0 Å². The summed E-state index contributed by atoms with van der Waals surface area (Å²) in [4.78, 5) is 11.6.